The molecule has 1 aromatic heterocycles. The molecule has 7 heteroatoms. The lowest BCUT2D eigenvalue weighted by molar-refractivity contribution is 0.101. The summed E-state index contributed by atoms with van der Waals surface area (Å²) in [6, 6.07) is 13.1. The van der Waals surface area contributed by atoms with Gasteiger partial charge in [-0.15, -0.1) is 0 Å². The van der Waals surface area contributed by atoms with Gasteiger partial charge in [0.1, 0.15) is 11.6 Å². The normalized spacial score (nSPS) is 11.9. The highest BCUT2D eigenvalue weighted by Gasteiger charge is 2.12. The monoisotopic (exact) mass is 361 g/mol. The maximum atomic E-state index is 11.5. The van der Waals surface area contributed by atoms with E-state index in [9.17, 15) is 4.79 Å². The van der Waals surface area contributed by atoms with E-state index in [4.69, 9.17) is 4.74 Å². The van der Waals surface area contributed by atoms with E-state index in [1.807, 2.05) is 37.3 Å². The highest BCUT2D eigenvalue weighted by Crippen LogP contribution is 2.33. The Bertz CT molecular complexity index is 1020. The molecule has 0 saturated heterocycles. The first-order valence-electron chi connectivity index (χ1n) is 8.58. The molecule has 0 saturated carbocycles. The zero-order chi connectivity index (χ0) is 18.8. The van der Waals surface area contributed by atoms with Crippen molar-refractivity contribution in [2.75, 3.05) is 22.7 Å². The third kappa shape index (κ3) is 3.67. The lowest BCUT2D eigenvalue weighted by atomic mass is 10.1. The summed E-state index contributed by atoms with van der Waals surface area (Å²) in [7, 11) is 0. The smallest absolute Gasteiger partial charge is 0.229 e. The number of ether oxygens (including phenoxy) is 1. The highest BCUT2D eigenvalue weighted by atomic mass is 16.5. The standard InChI is InChI=1S/C20H19N5O2/c1-12-10-21-20(24-15-5-3-4-14(8-15)13(2)26)25-19(12)23-16-6-7-18-17(9-16)22-11-27-18/h3-10,22H,11H2,1-2H3,(H2,21,23,24,25). The Hall–Kier alpha value is -3.61. The fourth-order valence-electron chi connectivity index (χ4n) is 2.77. The van der Waals surface area contributed by atoms with Crippen molar-refractivity contribution < 1.29 is 9.53 Å². The molecule has 1 aliphatic heterocycles. The number of aryl methyl sites for hydroxylation is 1. The molecule has 4 rings (SSSR count). The molecule has 2 heterocycles. The number of carbonyl (C=O) groups excluding carboxylic acids is 1. The van der Waals surface area contributed by atoms with Crippen LogP contribution in [-0.2, 0) is 0 Å². The van der Waals surface area contributed by atoms with Gasteiger partial charge in [0.25, 0.3) is 0 Å². The van der Waals surface area contributed by atoms with Gasteiger partial charge >= 0.3 is 0 Å². The number of fused-ring (bicyclic) bond motifs is 1. The molecule has 0 amide bonds. The second kappa shape index (κ2) is 6.95. The van der Waals surface area contributed by atoms with E-state index in [1.165, 1.54) is 0 Å². The second-order valence-corrected chi connectivity index (χ2v) is 6.29. The van der Waals surface area contributed by atoms with Gasteiger partial charge in [0.15, 0.2) is 12.5 Å². The van der Waals surface area contributed by atoms with Crippen molar-refractivity contribution in [1.29, 1.82) is 0 Å². The molecule has 0 fully saturated rings. The van der Waals surface area contributed by atoms with Crippen molar-refractivity contribution in [3.63, 3.8) is 0 Å². The Kier molecular flexibility index (Phi) is 4.33. The molecular formula is C20H19N5O2. The largest absolute Gasteiger partial charge is 0.471 e. The molecule has 136 valence electrons. The fourth-order valence-corrected chi connectivity index (χ4v) is 2.77. The summed E-state index contributed by atoms with van der Waals surface area (Å²) >= 11 is 0. The van der Waals surface area contributed by atoms with E-state index >= 15 is 0 Å². The first kappa shape index (κ1) is 16.8. The molecular weight excluding hydrogens is 342 g/mol. The van der Waals surface area contributed by atoms with Gasteiger partial charge in [-0.05, 0) is 44.2 Å². The quantitative estimate of drug-likeness (QED) is 0.586. The van der Waals surface area contributed by atoms with E-state index in [1.54, 1.807) is 25.3 Å². The number of carbonyl (C=O) groups is 1. The summed E-state index contributed by atoms with van der Waals surface area (Å²) in [6.07, 6.45) is 1.75. The zero-order valence-corrected chi connectivity index (χ0v) is 15.0. The first-order chi connectivity index (χ1) is 13.1. The number of nitrogens with one attached hydrogen (secondary N) is 3. The Labute approximate surface area is 156 Å². The summed E-state index contributed by atoms with van der Waals surface area (Å²) in [5, 5.41) is 9.63. The Morgan fingerprint density at radius 3 is 2.85 bits per heavy atom. The van der Waals surface area contributed by atoms with Crippen molar-refractivity contribution in [3.05, 3.63) is 59.8 Å². The van der Waals surface area contributed by atoms with Crippen LogP contribution in [0.1, 0.15) is 22.8 Å². The van der Waals surface area contributed by atoms with E-state index in [-0.39, 0.29) is 5.78 Å². The first-order valence-corrected chi connectivity index (χ1v) is 8.58. The van der Waals surface area contributed by atoms with Crippen LogP contribution in [0, 0.1) is 6.92 Å². The lowest BCUT2D eigenvalue weighted by Gasteiger charge is -2.12. The topological polar surface area (TPSA) is 88.2 Å². The molecule has 0 atom stereocenters. The SMILES string of the molecule is CC(=O)c1cccc(Nc2ncc(C)c(Nc3ccc4c(c3)NCO4)n2)c1. The molecule has 0 unspecified atom stereocenters. The Morgan fingerprint density at radius 2 is 2.00 bits per heavy atom. The van der Waals surface area contributed by atoms with Crippen LogP contribution in [0.25, 0.3) is 0 Å². The van der Waals surface area contributed by atoms with Crippen LogP contribution in [0.3, 0.4) is 0 Å². The predicted molar refractivity (Wildman–Crippen MR) is 105 cm³/mol. The second-order valence-electron chi connectivity index (χ2n) is 6.29. The van der Waals surface area contributed by atoms with E-state index in [0.717, 1.165) is 28.4 Å². The van der Waals surface area contributed by atoms with Crippen LogP contribution in [0.2, 0.25) is 0 Å². The number of rotatable bonds is 5. The van der Waals surface area contributed by atoms with Crippen molar-refractivity contribution in [3.8, 4) is 5.75 Å². The van der Waals surface area contributed by atoms with Crippen LogP contribution in [-0.4, -0.2) is 22.5 Å². The third-order valence-corrected chi connectivity index (χ3v) is 4.23. The maximum absolute atomic E-state index is 11.5. The van der Waals surface area contributed by atoms with Crippen LogP contribution < -0.4 is 20.7 Å². The molecule has 3 N–H and O–H groups in total. The van der Waals surface area contributed by atoms with Crippen LogP contribution in [0.4, 0.5) is 28.8 Å². The van der Waals surface area contributed by atoms with Gasteiger partial charge in [-0.3, -0.25) is 4.79 Å². The van der Waals surface area contributed by atoms with Crippen LogP contribution >= 0.6 is 0 Å². The summed E-state index contributed by atoms with van der Waals surface area (Å²) in [5.74, 6) is 2.01. The Morgan fingerprint density at radius 1 is 1.15 bits per heavy atom. The van der Waals surface area contributed by atoms with Gasteiger partial charge in [-0.25, -0.2) is 4.98 Å². The highest BCUT2D eigenvalue weighted by molar-refractivity contribution is 5.95. The maximum Gasteiger partial charge on any atom is 0.229 e. The van der Waals surface area contributed by atoms with Crippen LogP contribution in [0.15, 0.2) is 48.7 Å². The number of benzene rings is 2. The Balaban J connectivity index is 1.56. The van der Waals surface area contributed by atoms with Crippen molar-refractivity contribution in [2.24, 2.45) is 0 Å². The van der Waals surface area contributed by atoms with Crippen molar-refractivity contribution in [1.82, 2.24) is 9.97 Å². The number of hydrogen-bond acceptors (Lipinski definition) is 7. The minimum Gasteiger partial charge on any atom is -0.471 e. The fraction of sp³-hybridized carbons (Fsp3) is 0.150. The molecule has 7 nitrogen and oxygen atoms in total. The molecule has 0 aliphatic carbocycles. The summed E-state index contributed by atoms with van der Waals surface area (Å²) in [5.41, 5.74) is 4.17. The van der Waals surface area contributed by atoms with Gasteiger partial charge in [0.2, 0.25) is 5.95 Å². The molecule has 0 bridgehead atoms. The zero-order valence-electron chi connectivity index (χ0n) is 15.0. The lowest BCUT2D eigenvalue weighted by Crippen LogP contribution is -2.03. The van der Waals surface area contributed by atoms with Gasteiger partial charge < -0.3 is 20.7 Å². The van der Waals surface area contributed by atoms with E-state index < -0.39 is 0 Å². The van der Waals surface area contributed by atoms with E-state index in [0.29, 0.717) is 24.1 Å². The van der Waals surface area contributed by atoms with Gasteiger partial charge in [-0.1, -0.05) is 12.1 Å². The molecule has 1 aliphatic rings. The number of ketones is 1. The number of anilines is 5. The molecule has 27 heavy (non-hydrogen) atoms. The average Bonchev–Trinajstić information content (AvgIpc) is 3.12. The number of hydrogen-bond donors (Lipinski definition) is 3. The summed E-state index contributed by atoms with van der Waals surface area (Å²) in [6.45, 7) is 3.97. The predicted octanol–water partition coefficient (Wildman–Crippen LogP) is 4.24. The van der Waals surface area contributed by atoms with Crippen LogP contribution in [0.5, 0.6) is 5.75 Å². The van der Waals surface area contributed by atoms with Crippen molar-refractivity contribution >= 4 is 34.6 Å². The molecule has 3 aromatic rings. The molecule has 0 spiro atoms. The third-order valence-electron chi connectivity index (χ3n) is 4.23. The van der Waals surface area contributed by atoms with E-state index in [2.05, 4.69) is 25.9 Å². The van der Waals surface area contributed by atoms with Gasteiger partial charge in [-0.2, -0.15) is 4.98 Å². The number of aromatic nitrogens is 2. The molecule has 2 aromatic carbocycles. The number of Topliss-reactive ketones (excluding diaryl/α,β-unsaturated/α-hetero) is 1. The van der Waals surface area contributed by atoms with Gasteiger partial charge in [0.05, 0.1) is 5.69 Å². The van der Waals surface area contributed by atoms with Gasteiger partial charge in [0, 0.05) is 28.7 Å². The minimum atomic E-state index is 0.0139. The molecule has 0 radical (unpaired) electrons. The summed E-state index contributed by atoms with van der Waals surface area (Å²) < 4.78 is 5.44. The van der Waals surface area contributed by atoms with Crippen molar-refractivity contribution in [2.45, 2.75) is 13.8 Å². The minimum absolute atomic E-state index is 0.0139. The average molecular weight is 361 g/mol. The number of nitrogens with zero attached hydrogens (tertiary/aromatic N) is 2. The summed E-state index contributed by atoms with van der Waals surface area (Å²) in [4.78, 5) is 20.4.